The molecule has 0 aliphatic rings. The first-order chi connectivity index (χ1) is 8.50. The number of rotatable bonds is 2. The zero-order chi connectivity index (χ0) is 13.3. The van der Waals surface area contributed by atoms with Gasteiger partial charge >= 0.3 is 0 Å². The predicted octanol–water partition coefficient (Wildman–Crippen LogP) is 2.55. The van der Waals surface area contributed by atoms with Gasteiger partial charge < -0.3 is 5.73 Å². The minimum absolute atomic E-state index is 0.0302. The SMILES string of the molecule is Cc1ncc(I)c(=O)n1Cc1cccc(N)c1Br. The first kappa shape index (κ1) is 13.5. The van der Waals surface area contributed by atoms with Crippen molar-refractivity contribution in [1.82, 2.24) is 9.55 Å². The van der Waals surface area contributed by atoms with E-state index in [9.17, 15) is 4.79 Å². The molecule has 4 nitrogen and oxygen atoms in total. The highest BCUT2D eigenvalue weighted by Crippen LogP contribution is 2.24. The van der Waals surface area contributed by atoms with E-state index in [1.54, 1.807) is 10.8 Å². The van der Waals surface area contributed by atoms with E-state index in [0.29, 0.717) is 21.6 Å². The Kier molecular flexibility index (Phi) is 4.06. The molecule has 1 heterocycles. The highest BCUT2D eigenvalue weighted by molar-refractivity contribution is 14.1. The van der Waals surface area contributed by atoms with Crippen LogP contribution in [-0.4, -0.2) is 9.55 Å². The molecule has 0 atom stereocenters. The van der Waals surface area contributed by atoms with Gasteiger partial charge in [0.05, 0.1) is 10.1 Å². The molecule has 2 aromatic rings. The third-order valence-corrected chi connectivity index (χ3v) is 4.35. The van der Waals surface area contributed by atoms with Crippen LogP contribution in [-0.2, 0) is 6.54 Å². The maximum Gasteiger partial charge on any atom is 0.267 e. The minimum Gasteiger partial charge on any atom is -0.398 e. The predicted molar refractivity (Wildman–Crippen MR) is 83.6 cm³/mol. The van der Waals surface area contributed by atoms with Crippen LogP contribution in [0.5, 0.6) is 0 Å². The number of hydrogen-bond donors (Lipinski definition) is 1. The summed E-state index contributed by atoms with van der Waals surface area (Å²) in [6.45, 7) is 2.28. The highest BCUT2D eigenvalue weighted by atomic mass is 127. The first-order valence-electron chi connectivity index (χ1n) is 5.25. The monoisotopic (exact) mass is 419 g/mol. The molecule has 18 heavy (non-hydrogen) atoms. The van der Waals surface area contributed by atoms with Crippen LogP contribution in [0.4, 0.5) is 5.69 Å². The fourth-order valence-corrected chi connectivity index (χ4v) is 2.45. The summed E-state index contributed by atoms with van der Waals surface area (Å²) in [6.07, 6.45) is 1.59. The molecule has 0 unspecified atom stereocenters. The van der Waals surface area contributed by atoms with Crippen LogP contribution in [0.1, 0.15) is 11.4 Å². The summed E-state index contributed by atoms with van der Waals surface area (Å²) in [6, 6.07) is 5.62. The van der Waals surface area contributed by atoms with Crippen molar-refractivity contribution in [2.75, 3.05) is 5.73 Å². The number of hydrogen-bond acceptors (Lipinski definition) is 3. The topological polar surface area (TPSA) is 60.9 Å². The number of nitrogens with zero attached hydrogens (tertiary/aromatic N) is 2. The lowest BCUT2D eigenvalue weighted by Gasteiger charge is -2.11. The van der Waals surface area contributed by atoms with E-state index in [1.165, 1.54) is 0 Å². The van der Waals surface area contributed by atoms with Crippen LogP contribution < -0.4 is 11.3 Å². The molecular weight excluding hydrogens is 409 g/mol. The number of benzene rings is 1. The number of anilines is 1. The van der Waals surface area contributed by atoms with Gasteiger partial charge in [-0.2, -0.15) is 0 Å². The maximum absolute atomic E-state index is 12.1. The molecular formula is C12H11BrIN3O. The van der Waals surface area contributed by atoms with Crippen molar-refractivity contribution in [3.63, 3.8) is 0 Å². The van der Waals surface area contributed by atoms with Crippen molar-refractivity contribution >= 4 is 44.2 Å². The molecule has 0 amide bonds. The van der Waals surface area contributed by atoms with Gasteiger partial charge in [0.2, 0.25) is 0 Å². The zero-order valence-corrected chi connectivity index (χ0v) is 13.4. The fourth-order valence-electron chi connectivity index (χ4n) is 1.63. The normalized spacial score (nSPS) is 10.6. The summed E-state index contributed by atoms with van der Waals surface area (Å²) >= 11 is 5.44. The van der Waals surface area contributed by atoms with E-state index in [0.717, 1.165) is 10.0 Å². The van der Waals surface area contributed by atoms with Gasteiger partial charge in [-0.15, -0.1) is 0 Å². The van der Waals surface area contributed by atoms with E-state index >= 15 is 0 Å². The second-order valence-electron chi connectivity index (χ2n) is 3.86. The Bertz CT molecular complexity index is 654. The number of nitrogen functional groups attached to an aromatic ring is 1. The van der Waals surface area contributed by atoms with Gasteiger partial charge in [-0.3, -0.25) is 9.36 Å². The molecule has 0 bridgehead atoms. The van der Waals surface area contributed by atoms with E-state index in [1.807, 2.05) is 47.7 Å². The Hall–Kier alpha value is -0.890. The standard InChI is InChI=1S/C12H11BrIN3O/c1-7-16-5-9(14)12(18)17(7)6-8-3-2-4-10(15)11(8)13/h2-5H,6,15H2,1H3. The molecule has 0 saturated carbocycles. The number of aromatic nitrogens is 2. The van der Waals surface area contributed by atoms with Crippen LogP contribution in [0.2, 0.25) is 0 Å². The van der Waals surface area contributed by atoms with Crippen LogP contribution >= 0.6 is 38.5 Å². The molecule has 0 aliphatic carbocycles. The molecule has 0 fully saturated rings. The molecule has 6 heteroatoms. The van der Waals surface area contributed by atoms with Crippen LogP contribution in [0.3, 0.4) is 0 Å². The van der Waals surface area contributed by atoms with Gasteiger partial charge in [-0.1, -0.05) is 12.1 Å². The van der Waals surface area contributed by atoms with Crippen LogP contribution in [0.25, 0.3) is 0 Å². The summed E-state index contributed by atoms with van der Waals surface area (Å²) < 4.78 is 3.08. The van der Waals surface area contributed by atoms with E-state index in [4.69, 9.17) is 5.73 Å². The van der Waals surface area contributed by atoms with Crippen molar-refractivity contribution in [2.45, 2.75) is 13.5 Å². The molecule has 0 aliphatic heterocycles. The minimum atomic E-state index is -0.0302. The second kappa shape index (κ2) is 5.40. The van der Waals surface area contributed by atoms with Crippen LogP contribution in [0.15, 0.2) is 33.7 Å². The molecule has 0 radical (unpaired) electrons. The van der Waals surface area contributed by atoms with Gasteiger partial charge in [0, 0.05) is 16.4 Å². The lowest BCUT2D eigenvalue weighted by atomic mass is 10.2. The van der Waals surface area contributed by atoms with Gasteiger partial charge in [0.15, 0.2) is 0 Å². The molecule has 0 spiro atoms. The third-order valence-electron chi connectivity index (χ3n) is 2.64. The Morgan fingerprint density at radius 1 is 1.50 bits per heavy atom. The van der Waals surface area contributed by atoms with Crippen molar-refractivity contribution in [2.24, 2.45) is 0 Å². The lowest BCUT2D eigenvalue weighted by Crippen LogP contribution is -2.26. The third kappa shape index (κ3) is 2.59. The van der Waals surface area contributed by atoms with Gasteiger partial charge in [-0.05, 0) is 57.1 Å². The van der Waals surface area contributed by atoms with E-state index < -0.39 is 0 Å². The molecule has 94 valence electrons. The van der Waals surface area contributed by atoms with E-state index in [2.05, 4.69) is 20.9 Å². The summed E-state index contributed by atoms with van der Waals surface area (Å²) in [5.41, 5.74) is 7.42. The Labute approximate surface area is 126 Å². The lowest BCUT2D eigenvalue weighted by molar-refractivity contribution is 0.693. The van der Waals surface area contributed by atoms with Crippen molar-refractivity contribution in [1.29, 1.82) is 0 Å². The smallest absolute Gasteiger partial charge is 0.267 e. The second-order valence-corrected chi connectivity index (χ2v) is 5.82. The highest BCUT2D eigenvalue weighted by Gasteiger charge is 2.09. The average molecular weight is 420 g/mol. The Morgan fingerprint density at radius 3 is 2.94 bits per heavy atom. The van der Waals surface area contributed by atoms with E-state index in [-0.39, 0.29) is 5.56 Å². The zero-order valence-electron chi connectivity index (χ0n) is 9.65. The first-order valence-corrected chi connectivity index (χ1v) is 7.12. The Morgan fingerprint density at radius 2 is 2.22 bits per heavy atom. The van der Waals surface area contributed by atoms with Crippen LogP contribution in [0, 0.1) is 10.5 Å². The average Bonchev–Trinajstić information content (AvgIpc) is 2.35. The quantitative estimate of drug-likeness (QED) is 0.601. The van der Waals surface area contributed by atoms with Crippen molar-refractivity contribution in [3.8, 4) is 0 Å². The number of nitrogens with two attached hydrogens (primary N) is 1. The van der Waals surface area contributed by atoms with Gasteiger partial charge in [0.25, 0.3) is 5.56 Å². The molecule has 2 rings (SSSR count). The maximum atomic E-state index is 12.1. The molecule has 2 N–H and O–H groups in total. The molecule has 1 aromatic carbocycles. The fraction of sp³-hybridized carbons (Fsp3) is 0.167. The number of aryl methyl sites for hydroxylation is 1. The molecule has 0 saturated heterocycles. The summed E-state index contributed by atoms with van der Waals surface area (Å²) in [7, 11) is 0. The summed E-state index contributed by atoms with van der Waals surface area (Å²) in [5, 5.41) is 0. The van der Waals surface area contributed by atoms with Crippen molar-refractivity contribution in [3.05, 3.63) is 54.2 Å². The van der Waals surface area contributed by atoms with Gasteiger partial charge in [-0.25, -0.2) is 4.98 Å². The molecule has 1 aromatic heterocycles. The summed E-state index contributed by atoms with van der Waals surface area (Å²) in [5.74, 6) is 0.690. The number of halogens is 2. The largest absolute Gasteiger partial charge is 0.398 e. The Balaban J connectivity index is 2.50. The van der Waals surface area contributed by atoms with Crippen molar-refractivity contribution < 1.29 is 0 Å². The van der Waals surface area contributed by atoms with Gasteiger partial charge in [0.1, 0.15) is 5.82 Å². The summed E-state index contributed by atoms with van der Waals surface area (Å²) in [4.78, 5) is 16.3.